The molecule has 0 fully saturated rings. The number of rotatable bonds is 4. The van der Waals surface area contributed by atoms with E-state index in [4.69, 9.17) is 11.6 Å². The number of nitrogens with one attached hydrogen (secondary N) is 1. The minimum Gasteiger partial charge on any atom is -0.356 e. The second-order valence-corrected chi connectivity index (χ2v) is 6.58. The second kappa shape index (κ2) is 6.57. The van der Waals surface area contributed by atoms with Crippen LogP contribution in [-0.2, 0) is 10.2 Å². The third-order valence-electron chi connectivity index (χ3n) is 2.43. The molecule has 0 unspecified atom stereocenters. The smallest absolute Gasteiger partial charge is 0.230 e. The van der Waals surface area contributed by atoms with E-state index in [-0.39, 0.29) is 11.3 Å². The Labute approximate surface area is 123 Å². The Morgan fingerprint density at radius 1 is 1.37 bits per heavy atom. The normalized spacial score (nSPS) is 11.5. The maximum Gasteiger partial charge on any atom is 0.230 e. The van der Waals surface area contributed by atoms with E-state index in [1.165, 1.54) is 11.8 Å². The average molecular weight is 302 g/mol. The molecule has 0 atom stereocenters. The van der Waals surface area contributed by atoms with Crippen LogP contribution in [0, 0.1) is 6.92 Å². The summed E-state index contributed by atoms with van der Waals surface area (Å²) in [6.45, 7) is 10.5. The topological polar surface area (TPSA) is 54.9 Å². The molecule has 1 heterocycles. The Balaban J connectivity index is 2.94. The zero-order valence-corrected chi connectivity index (χ0v) is 13.6. The van der Waals surface area contributed by atoms with Gasteiger partial charge in [-0.2, -0.15) is 0 Å². The SMILES string of the molecule is CCNC(=O)CSc1nc(C(C)(C)C)nc(Cl)c1C. The third kappa shape index (κ3) is 4.66. The van der Waals surface area contributed by atoms with E-state index in [0.717, 1.165) is 10.6 Å². The van der Waals surface area contributed by atoms with Gasteiger partial charge in [-0.25, -0.2) is 9.97 Å². The summed E-state index contributed by atoms with van der Waals surface area (Å²) in [6, 6.07) is 0. The molecular formula is C13H20ClN3OS. The molecule has 0 spiro atoms. The zero-order chi connectivity index (χ0) is 14.6. The van der Waals surface area contributed by atoms with Gasteiger partial charge in [0, 0.05) is 17.5 Å². The lowest BCUT2D eigenvalue weighted by molar-refractivity contribution is -0.118. The van der Waals surface area contributed by atoms with Gasteiger partial charge in [0.25, 0.3) is 0 Å². The zero-order valence-electron chi connectivity index (χ0n) is 12.0. The summed E-state index contributed by atoms with van der Waals surface area (Å²) >= 11 is 7.53. The van der Waals surface area contributed by atoms with Gasteiger partial charge >= 0.3 is 0 Å². The Hall–Kier alpha value is -0.810. The van der Waals surface area contributed by atoms with Gasteiger partial charge in [-0.3, -0.25) is 4.79 Å². The Morgan fingerprint density at radius 3 is 2.53 bits per heavy atom. The molecule has 4 nitrogen and oxygen atoms in total. The second-order valence-electron chi connectivity index (χ2n) is 5.26. The van der Waals surface area contributed by atoms with Gasteiger partial charge in [0.05, 0.1) is 5.75 Å². The van der Waals surface area contributed by atoms with Crippen LogP contribution in [0.25, 0.3) is 0 Å². The fraction of sp³-hybridized carbons (Fsp3) is 0.615. The summed E-state index contributed by atoms with van der Waals surface area (Å²) < 4.78 is 0. The molecule has 0 saturated heterocycles. The van der Waals surface area contributed by atoms with Gasteiger partial charge < -0.3 is 5.32 Å². The van der Waals surface area contributed by atoms with E-state index in [1.807, 2.05) is 34.6 Å². The molecule has 0 radical (unpaired) electrons. The summed E-state index contributed by atoms with van der Waals surface area (Å²) in [4.78, 5) is 20.3. The molecule has 1 N–H and O–H groups in total. The largest absolute Gasteiger partial charge is 0.356 e. The quantitative estimate of drug-likeness (QED) is 0.686. The minimum absolute atomic E-state index is 0.000978. The number of aromatic nitrogens is 2. The summed E-state index contributed by atoms with van der Waals surface area (Å²) in [7, 11) is 0. The number of nitrogens with zero attached hydrogens (tertiary/aromatic N) is 2. The lowest BCUT2D eigenvalue weighted by Crippen LogP contribution is -2.24. The molecular weight excluding hydrogens is 282 g/mol. The highest BCUT2D eigenvalue weighted by molar-refractivity contribution is 7.99. The highest BCUT2D eigenvalue weighted by Gasteiger charge is 2.21. The molecule has 1 amide bonds. The van der Waals surface area contributed by atoms with E-state index < -0.39 is 0 Å². The monoisotopic (exact) mass is 301 g/mol. The Bertz CT molecular complexity index is 472. The van der Waals surface area contributed by atoms with Gasteiger partial charge in [-0.1, -0.05) is 44.1 Å². The molecule has 0 aliphatic carbocycles. The molecule has 1 aromatic rings. The van der Waals surface area contributed by atoms with Crippen molar-refractivity contribution in [2.75, 3.05) is 12.3 Å². The van der Waals surface area contributed by atoms with E-state index in [1.54, 1.807) is 0 Å². The van der Waals surface area contributed by atoms with Crippen LogP contribution in [0.15, 0.2) is 5.03 Å². The van der Waals surface area contributed by atoms with Crippen LogP contribution in [0.1, 0.15) is 39.1 Å². The molecule has 1 aromatic heterocycles. The molecule has 0 saturated carbocycles. The van der Waals surface area contributed by atoms with E-state index in [0.29, 0.717) is 23.3 Å². The average Bonchev–Trinajstić information content (AvgIpc) is 2.30. The number of amides is 1. The van der Waals surface area contributed by atoms with Crippen LogP contribution in [0.2, 0.25) is 5.15 Å². The van der Waals surface area contributed by atoms with Crippen LogP contribution >= 0.6 is 23.4 Å². The first-order chi connectivity index (χ1) is 8.75. The van der Waals surface area contributed by atoms with Crippen LogP contribution in [0.5, 0.6) is 0 Å². The van der Waals surface area contributed by atoms with Crippen molar-refractivity contribution in [2.45, 2.75) is 45.1 Å². The predicted molar refractivity (Wildman–Crippen MR) is 79.9 cm³/mol. The predicted octanol–water partition coefficient (Wildman–Crippen LogP) is 2.96. The van der Waals surface area contributed by atoms with E-state index >= 15 is 0 Å². The fourth-order valence-electron chi connectivity index (χ4n) is 1.33. The standard InChI is InChI=1S/C13H20ClN3OS/c1-6-15-9(18)7-19-11-8(2)10(14)16-12(17-11)13(3,4)5/h6-7H2,1-5H3,(H,15,18). The van der Waals surface area contributed by atoms with Crippen molar-refractivity contribution in [1.29, 1.82) is 0 Å². The highest BCUT2D eigenvalue weighted by Crippen LogP contribution is 2.28. The first-order valence-electron chi connectivity index (χ1n) is 6.19. The van der Waals surface area contributed by atoms with E-state index in [2.05, 4.69) is 15.3 Å². The molecule has 0 aromatic carbocycles. The highest BCUT2D eigenvalue weighted by atomic mass is 35.5. The lowest BCUT2D eigenvalue weighted by atomic mass is 9.96. The molecule has 0 bridgehead atoms. The molecule has 6 heteroatoms. The van der Waals surface area contributed by atoms with Crippen molar-refractivity contribution in [3.05, 3.63) is 16.5 Å². The minimum atomic E-state index is -0.168. The summed E-state index contributed by atoms with van der Waals surface area (Å²) in [5.41, 5.74) is 0.655. The van der Waals surface area contributed by atoms with E-state index in [9.17, 15) is 4.79 Å². The molecule has 0 aliphatic heterocycles. The Morgan fingerprint density at radius 2 is 2.00 bits per heavy atom. The summed E-state index contributed by atoms with van der Waals surface area (Å²) in [5.74, 6) is 1.03. The number of hydrogen-bond acceptors (Lipinski definition) is 4. The van der Waals surface area contributed by atoms with Crippen molar-refractivity contribution in [1.82, 2.24) is 15.3 Å². The molecule has 19 heavy (non-hydrogen) atoms. The van der Waals surface area contributed by atoms with Crippen molar-refractivity contribution in [3.8, 4) is 0 Å². The lowest BCUT2D eigenvalue weighted by Gasteiger charge is -2.18. The van der Waals surface area contributed by atoms with Crippen molar-refractivity contribution >= 4 is 29.3 Å². The van der Waals surface area contributed by atoms with Crippen molar-refractivity contribution in [3.63, 3.8) is 0 Å². The van der Waals surface area contributed by atoms with Crippen molar-refractivity contribution in [2.24, 2.45) is 0 Å². The van der Waals surface area contributed by atoms with Crippen LogP contribution in [0.3, 0.4) is 0 Å². The number of carbonyl (C=O) groups excluding carboxylic acids is 1. The van der Waals surface area contributed by atoms with Crippen molar-refractivity contribution < 1.29 is 4.79 Å². The molecule has 106 valence electrons. The van der Waals surface area contributed by atoms with Crippen LogP contribution < -0.4 is 5.32 Å². The van der Waals surface area contributed by atoms with Gasteiger partial charge in [0.1, 0.15) is 16.0 Å². The van der Waals surface area contributed by atoms with Gasteiger partial charge in [0.15, 0.2) is 0 Å². The summed E-state index contributed by atoms with van der Waals surface area (Å²) in [5, 5.41) is 3.99. The first-order valence-corrected chi connectivity index (χ1v) is 7.56. The van der Waals surface area contributed by atoms with Gasteiger partial charge in [-0.05, 0) is 13.8 Å². The number of thioether (sulfide) groups is 1. The Kier molecular flexibility index (Phi) is 5.62. The van der Waals surface area contributed by atoms with Crippen LogP contribution in [0.4, 0.5) is 0 Å². The number of carbonyl (C=O) groups is 1. The first kappa shape index (κ1) is 16.2. The fourth-order valence-corrected chi connectivity index (χ4v) is 2.39. The maximum absolute atomic E-state index is 11.5. The molecule has 1 rings (SSSR count). The number of halogens is 1. The molecule has 0 aliphatic rings. The maximum atomic E-state index is 11.5. The number of hydrogen-bond donors (Lipinski definition) is 1. The van der Waals surface area contributed by atoms with Gasteiger partial charge in [-0.15, -0.1) is 0 Å². The summed E-state index contributed by atoms with van der Waals surface area (Å²) in [6.07, 6.45) is 0. The van der Waals surface area contributed by atoms with Gasteiger partial charge in [0.2, 0.25) is 5.91 Å². The van der Waals surface area contributed by atoms with Crippen LogP contribution in [-0.4, -0.2) is 28.2 Å². The third-order valence-corrected chi connectivity index (χ3v) is 3.87.